The van der Waals surface area contributed by atoms with E-state index in [0.717, 1.165) is 16.7 Å². The van der Waals surface area contributed by atoms with Crippen LogP contribution in [-0.4, -0.2) is 31.7 Å². The first-order chi connectivity index (χ1) is 11.1. The van der Waals surface area contributed by atoms with Crippen LogP contribution in [0.1, 0.15) is 11.3 Å². The Hall–Kier alpha value is -3.24. The molecule has 0 unspecified atom stereocenters. The molecule has 1 aromatic carbocycles. The average molecular weight is 307 g/mol. The second kappa shape index (κ2) is 5.87. The molecule has 0 bridgehead atoms. The molecular formula is C16H13N5O2. The number of rotatable bonds is 4. The number of fused-ring (bicyclic) bond motifs is 1. The summed E-state index contributed by atoms with van der Waals surface area (Å²) in [5.74, 6) is -1.03. The van der Waals surface area contributed by atoms with Gasteiger partial charge in [-0.05, 0) is 17.5 Å². The van der Waals surface area contributed by atoms with E-state index in [1.807, 2.05) is 30.3 Å². The van der Waals surface area contributed by atoms with Gasteiger partial charge in [0.25, 0.3) is 0 Å². The van der Waals surface area contributed by atoms with E-state index >= 15 is 0 Å². The standard InChI is InChI=1S/C16H13N5O2/c17-7-13-6-15-19-8-12(9-21(15)20-13)11-3-1-2-10(4-11)5-14(18)16(22)23/h1-4,6,8-9,14H,5,18H2,(H,22,23)/t14-/m0/s1. The van der Waals surface area contributed by atoms with Gasteiger partial charge in [-0.15, -0.1) is 0 Å². The summed E-state index contributed by atoms with van der Waals surface area (Å²) < 4.78 is 1.55. The quantitative estimate of drug-likeness (QED) is 0.748. The molecule has 0 aliphatic rings. The van der Waals surface area contributed by atoms with Gasteiger partial charge in [0, 0.05) is 24.0 Å². The molecule has 0 saturated heterocycles. The molecule has 2 aromatic heterocycles. The third kappa shape index (κ3) is 3.02. The number of nitrogens with two attached hydrogens (primary N) is 1. The topological polar surface area (TPSA) is 117 Å². The Morgan fingerprint density at radius 1 is 1.39 bits per heavy atom. The lowest BCUT2D eigenvalue weighted by atomic mass is 10.0. The number of nitriles is 1. The zero-order chi connectivity index (χ0) is 16.4. The van der Waals surface area contributed by atoms with Gasteiger partial charge in [-0.1, -0.05) is 24.3 Å². The van der Waals surface area contributed by atoms with Crippen LogP contribution in [0.15, 0.2) is 42.7 Å². The summed E-state index contributed by atoms with van der Waals surface area (Å²) in [6.45, 7) is 0. The molecule has 0 aliphatic heterocycles. The Bertz CT molecular complexity index is 926. The van der Waals surface area contributed by atoms with Gasteiger partial charge in [0.1, 0.15) is 12.1 Å². The molecule has 0 radical (unpaired) electrons. The Labute approximate surface area is 131 Å². The summed E-state index contributed by atoms with van der Waals surface area (Å²) in [6, 6.07) is 10.1. The van der Waals surface area contributed by atoms with Crippen LogP contribution in [0.4, 0.5) is 0 Å². The number of carbonyl (C=O) groups is 1. The van der Waals surface area contributed by atoms with E-state index in [2.05, 4.69) is 10.1 Å². The monoisotopic (exact) mass is 307 g/mol. The number of hydrogen-bond acceptors (Lipinski definition) is 5. The SMILES string of the molecule is N#Cc1cc2ncc(-c3cccc(C[C@H](N)C(=O)O)c3)cn2n1. The maximum atomic E-state index is 10.9. The number of aliphatic carboxylic acids is 1. The summed E-state index contributed by atoms with van der Waals surface area (Å²) in [5.41, 5.74) is 8.99. The molecule has 3 rings (SSSR count). The molecule has 23 heavy (non-hydrogen) atoms. The second-order valence-electron chi connectivity index (χ2n) is 5.14. The van der Waals surface area contributed by atoms with E-state index in [1.165, 1.54) is 0 Å². The van der Waals surface area contributed by atoms with Gasteiger partial charge < -0.3 is 10.8 Å². The molecule has 0 saturated carbocycles. The van der Waals surface area contributed by atoms with Crippen LogP contribution in [0.3, 0.4) is 0 Å². The van der Waals surface area contributed by atoms with Gasteiger partial charge in [-0.2, -0.15) is 10.4 Å². The molecule has 0 aliphatic carbocycles. The van der Waals surface area contributed by atoms with Crippen LogP contribution in [0.2, 0.25) is 0 Å². The Kier molecular flexibility index (Phi) is 3.75. The molecule has 3 N–H and O–H groups in total. The number of carboxylic acid groups (broad SMARTS) is 1. The molecule has 0 spiro atoms. The fourth-order valence-electron chi connectivity index (χ4n) is 2.30. The van der Waals surface area contributed by atoms with E-state index < -0.39 is 12.0 Å². The number of benzene rings is 1. The van der Waals surface area contributed by atoms with Crippen molar-refractivity contribution < 1.29 is 9.90 Å². The second-order valence-corrected chi connectivity index (χ2v) is 5.14. The van der Waals surface area contributed by atoms with Crippen molar-refractivity contribution in [2.24, 2.45) is 5.73 Å². The average Bonchev–Trinajstić information content (AvgIpc) is 2.97. The molecule has 7 heteroatoms. The fraction of sp³-hybridized carbons (Fsp3) is 0.125. The first-order valence-electron chi connectivity index (χ1n) is 6.90. The van der Waals surface area contributed by atoms with Crippen LogP contribution in [0.25, 0.3) is 16.8 Å². The van der Waals surface area contributed by atoms with E-state index in [-0.39, 0.29) is 6.42 Å². The van der Waals surface area contributed by atoms with Crippen LogP contribution < -0.4 is 5.73 Å². The van der Waals surface area contributed by atoms with Gasteiger partial charge in [0.15, 0.2) is 11.3 Å². The predicted molar refractivity (Wildman–Crippen MR) is 82.5 cm³/mol. The summed E-state index contributed by atoms with van der Waals surface area (Å²) in [4.78, 5) is 15.1. The lowest BCUT2D eigenvalue weighted by Crippen LogP contribution is -2.32. The Morgan fingerprint density at radius 3 is 2.96 bits per heavy atom. The van der Waals surface area contributed by atoms with Crippen molar-refractivity contribution in [1.29, 1.82) is 5.26 Å². The van der Waals surface area contributed by atoms with E-state index in [4.69, 9.17) is 16.1 Å². The van der Waals surface area contributed by atoms with Crippen molar-refractivity contribution in [3.63, 3.8) is 0 Å². The summed E-state index contributed by atoms with van der Waals surface area (Å²) in [6.07, 6.45) is 3.72. The highest BCUT2D eigenvalue weighted by atomic mass is 16.4. The maximum absolute atomic E-state index is 10.9. The van der Waals surface area contributed by atoms with Gasteiger partial charge in [0.05, 0.1) is 0 Å². The molecule has 0 amide bonds. The van der Waals surface area contributed by atoms with Crippen LogP contribution >= 0.6 is 0 Å². The van der Waals surface area contributed by atoms with Crippen molar-refractivity contribution in [3.05, 3.63) is 54.0 Å². The predicted octanol–water partition coefficient (Wildman–Crippen LogP) is 1.22. The normalized spacial score (nSPS) is 12.0. The van der Waals surface area contributed by atoms with Crippen LogP contribution in [0, 0.1) is 11.3 Å². The van der Waals surface area contributed by atoms with Crippen LogP contribution in [-0.2, 0) is 11.2 Å². The van der Waals surface area contributed by atoms with Crippen molar-refractivity contribution in [3.8, 4) is 17.2 Å². The van der Waals surface area contributed by atoms with Crippen molar-refractivity contribution >= 4 is 11.6 Å². The summed E-state index contributed by atoms with van der Waals surface area (Å²) in [7, 11) is 0. The summed E-state index contributed by atoms with van der Waals surface area (Å²) in [5, 5.41) is 21.9. The molecule has 0 fully saturated rings. The minimum absolute atomic E-state index is 0.249. The molecular weight excluding hydrogens is 294 g/mol. The Morgan fingerprint density at radius 2 is 2.22 bits per heavy atom. The minimum Gasteiger partial charge on any atom is -0.480 e. The highest BCUT2D eigenvalue weighted by Gasteiger charge is 2.12. The highest BCUT2D eigenvalue weighted by molar-refractivity contribution is 5.73. The molecule has 114 valence electrons. The smallest absolute Gasteiger partial charge is 0.320 e. The van der Waals surface area contributed by atoms with Crippen LogP contribution in [0.5, 0.6) is 0 Å². The molecule has 1 atom stereocenters. The van der Waals surface area contributed by atoms with Crippen molar-refractivity contribution in [2.75, 3.05) is 0 Å². The first kappa shape index (κ1) is 14.7. The third-order valence-corrected chi connectivity index (χ3v) is 3.46. The van der Waals surface area contributed by atoms with E-state index in [9.17, 15) is 4.79 Å². The van der Waals surface area contributed by atoms with Crippen molar-refractivity contribution in [2.45, 2.75) is 12.5 Å². The van der Waals surface area contributed by atoms with Gasteiger partial charge in [-0.25, -0.2) is 9.50 Å². The van der Waals surface area contributed by atoms with Gasteiger partial charge in [-0.3, -0.25) is 4.79 Å². The minimum atomic E-state index is -1.03. The fourth-order valence-corrected chi connectivity index (χ4v) is 2.30. The Balaban J connectivity index is 1.95. The third-order valence-electron chi connectivity index (χ3n) is 3.46. The molecule has 7 nitrogen and oxygen atoms in total. The lowest BCUT2D eigenvalue weighted by molar-refractivity contribution is -0.138. The first-order valence-corrected chi connectivity index (χ1v) is 6.90. The number of hydrogen-bond donors (Lipinski definition) is 2. The highest BCUT2D eigenvalue weighted by Crippen LogP contribution is 2.21. The van der Waals surface area contributed by atoms with Crippen molar-refractivity contribution in [1.82, 2.24) is 14.6 Å². The number of carboxylic acids is 1. The largest absolute Gasteiger partial charge is 0.480 e. The van der Waals surface area contributed by atoms with E-state index in [1.54, 1.807) is 23.0 Å². The maximum Gasteiger partial charge on any atom is 0.320 e. The van der Waals surface area contributed by atoms with Gasteiger partial charge in [0.2, 0.25) is 0 Å². The summed E-state index contributed by atoms with van der Waals surface area (Å²) >= 11 is 0. The molecule has 3 aromatic rings. The molecule has 2 heterocycles. The van der Waals surface area contributed by atoms with Gasteiger partial charge >= 0.3 is 5.97 Å². The number of nitrogens with zero attached hydrogens (tertiary/aromatic N) is 4. The van der Waals surface area contributed by atoms with E-state index in [0.29, 0.717) is 11.3 Å². The zero-order valence-corrected chi connectivity index (χ0v) is 12.0. The number of aromatic nitrogens is 3. The zero-order valence-electron chi connectivity index (χ0n) is 12.0. The lowest BCUT2D eigenvalue weighted by Gasteiger charge is -2.08.